The van der Waals surface area contributed by atoms with Gasteiger partial charge in [-0.15, -0.1) is 9.73 Å². The summed E-state index contributed by atoms with van der Waals surface area (Å²) in [4.78, 5) is 23.7. The van der Waals surface area contributed by atoms with Crippen molar-refractivity contribution in [2.75, 3.05) is 13.2 Å². The van der Waals surface area contributed by atoms with Crippen molar-refractivity contribution in [2.45, 2.75) is 13.8 Å². The van der Waals surface area contributed by atoms with Crippen molar-refractivity contribution in [3.05, 3.63) is 29.6 Å². The van der Waals surface area contributed by atoms with Crippen LogP contribution in [0.4, 0.5) is 0 Å². The summed E-state index contributed by atoms with van der Waals surface area (Å²) >= 11 is 0. The summed E-state index contributed by atoms with van der Waals surface area (Å²) in [5, 5.41) is 7.90. The van der Waals surface area contributed by atoms with E-state index in [1.165, 1.54) is 10.8 Å². The Morgan fingerprint density at radius 3 is 2.58 bits per heavy atom. The number of aromatic nitrogens is 3. The Balaban J connectivity index is 2.58. The van der Waals surface area contributed by atoms with E-state index in [1.54, 1.807) is 26.0 Å². The van der Waals surface area contributed by atoms with Crippen LogP contribution in [-0.4, -0.2) is 40.0 Å². The minimum absolute atomic E-state index is 0.0772. The summed E-state index contributed by atoms with van der Waals surface area (Å²) < 4.78 is 11.0. The fraction of sp³-hybridized carbons (Fsp3) is 0.333. The largest absolute Gasteiger partial charge is 0.462 e. The summed E-state index contributed by atoms with van der Waals surface area (Å²) in [6.07, 6.45) is 1.50. The number of carbonyl (C=O) groups is 2. The predicted molar refractivity (Wildman–Crippen MR) is 64.9 cm³/mol. The summed E-state index contributed by atoms with van der Waals surface area (Å²) in [7, 11) is 0. The second-order valence-electron chi connectivity index (χ2n) is 3.56. The lowest BCUT2D eigenvalue weighted by molar-refractivity contribution is 0.0476. The van der Waals surface area contributed by atoms with Gasteiger partial charge < -0.3 is 9.47 Å². The second-order valence-corrected chi connectivity index (χ2v) is 3.56. The third-order valence-electron chi connectivity index (χ3n) is 2.37. The zero-order valence-corrected chi connectivity index (χ0v) is 10.6. The Kier molecular flexibility index (Phi) is 3.74. The number of ether oxygens (including phenoxy) is 2. The van der Waals surface area contributed by atoms with Gasteiger partial charge in [0.1, 0.15) is 11.1 Å². The van der Waals surface area contributed by atoms with Crippen molar-refractivity contribution in [3.63, 3.8) is 0 Å². The van der Waals surface area contributed by atoms with Crippen LogP contribution in [0.3, 0.4) is 0 Å². The van der Waals surface area contributed by atoms with Gasteiger partial charge in [-0.25, -0.2) is 9.59 Å². The maximum atomic E-state index is 11.9. The lowest BCUT2D eigenvalue weighted by atomic mass is 10.2. The van der Waals surface area contributed by atoms with Gasteiger partial charge in [-0.1, -0.05) is 0 Å². The molecule has 0 atom stereocenters. The predicted octanol–water partition coefficient (Wildman–Crippen LogP) is 1.08. The fourth-order valence-electron chi connectivity index (χ4n) is 1.64. The van der Waals surface area contributed by atoms with Crippen LogP contribution in [0.2, 0.25) is 0 Å². The van der Waals surface area contributed by atoms with Gasteiger partial charge in [0, 0.05) is 6.20 Å². The molecule has 0 radical (unpaired) electrons. The highest BCUT2D eigenvalue weighted by atomic mass is 16.5. The van der Waals surface area contributed by atoms with Crippen LogP contribution in [-0.2, 0) is 9.47 Å². The van der Waals surface area contributed by atoms with Crippen molar-refractivity contribution < 1.29 is 19.1 Å². The molecule has 19 heavy (non-hydrogen) atoms. The third-order valence-corrected chi connectivity index (χ3v) is 2.37. The molecule has 2 rings (SSSR count). The highest BCUT2D eigenvalue weighted by Crippen LogP contribution is 2.17. The minimum atomic E-state index is -0.670. The molecule has 0 saturated carbocycles. The number of hydrogen-bond donors (Lipinski definition) is 0. The van der Waals surface area contributed by atoms with Crippen LogP contribution in [0, 0.1) is 0 Å². The molecule has 0 fully saturated rings. The van der Waals surface area contributed by atoms with Crippen molar-refractivity contribution in [2.24, 2.45) is 0 Å². The second kappa shape index (κ2) is 5.47. The quantitative estimate of drug-likeness (QED) is 0.768. The van der Waals surface area contributed by atoms with E-state index < -0.39 is 11.9 Å². The molecular weight excluding hydrogens is 250 g/mol. The van der Waals surface area contributed by atoms with Crippen LogP contribution in [0.5, 0.6) is 0 Å². The molecule has 0 unspecified atom stereocenters. The van der Waals surface area contributed by atoms with Crippen molar-refractivity contribution in [1.29, 1.82) is 0 Å². The first kappa shape index (κ1) is 13.0. The molecule has 2 heterocycles. The molecule has 0 N–H and O–H groups in total. The Hall–Kier alpha value is -2.44. The Labute approximate surface area is 109 Å². The molecular formula is C12H13N3O4. The van der Waals surface area contributed by atoms with E-state index in [-0.39, 0.29) is 24.5 Å². The Bertz CT molecular complexity index is 620. The molecule has 2 aromatic rings. The average Bonchev–Trinajstić information content (AvgIpc) is 2.78. The highest BCUT2D eigenvalue weighted by molar-refractivity contribution is 6.07. The Morgan fingerprint density at radius 2 is 1.89 bits per heavy atom. The van der Waals surface area contributed by atoms with E-state index in [9.17, 15) is 9.59 Å². The van der Waals surface area contributed by atoms with E-state index in [2.05, 4.69) is 10.2 Å². The number of rotatable bonds is 4. The first-order chi connectivity index (χ1) is 9.19. The van der Waals surface area contributed by atoms with E-state index in [0.717, 1.165) is 0 Å². The topological polar surface area (TPSA) is 82.8 Å². The first-order valence-electron chi connectivity index (χ1n) is 5.87. The van der Waals surface area contributed by atoms with E-state index >= 15 is 0 Å². The summed E-state index contributed by atoms with van der Waals surface area (Å²) in [5.74, 6) is -1.29. The number of esters is 2. The van der Waals surface area contributed by atoms with Gasteiger partial charge in [0.2, 0.25) is 0 Å². The van der Waals surface area contributed by atoms with Crippen LogP contribution in [0.15, 0.2) is 18.3 Å². The van der Waals surface area contributed by atoms with Crippen LogP contribution < -0.4 is 0 Å². The molecule has 100 valence electrons. The van der Waals surface area contributed by atoms with Gasteiger partial charge in [-0.3, -0.25) is 0 Å². The summed E-state index contributed by atoms with van der Waals surface area (Å²) in [5.41, 5.74) is 0.399. The average molecular weight is 263 g/mol. The lowest BCUT2D eigenvalue weighted by Crippen LogP contribution is -2.13. The number of nitrogens with zero attached hydrogens (tertiary/aromatic N) is 3. The number of carbonyl (C=O) groups excluding carboxylic acids is 2. The molecule has 0 bridgehead atoms. The van der Waals surface area contributed by atoms with E-state index in [4.69, 9.17) is 9.47 Å². The smallest absolute Gasteiger partial charge is 0.359 e. The van der Waals surface area contributed by atoms with Crippen molar-refractivity contribution in [1.82, 2.24) is 14.8 Å². The molecule has 7 heteroatoms. The van der Waals surface area contributed by atoms with Crippen molar-refractivity contribution in [3.8, 4) is 0 Å². The number of hydrogen-bond acceptors (Lipinski definition) is 6. The van der Waals surface area contributed by atoms with Gasteiger partial charge >= 0.3 is 11.9 Å². The summed E-state index contributed by atoms with van der Waals surface area (Å²) in [6, 6.07) is 3.28. The molecule has 0 aliphatic carbocycles. The lowest BCUT2D eigenvalue weighted by Gasteiger charge is -2.02. The third kappa shape index (κ3) is 2.40. The summed E-state index contributed by atoms with van der Waals surface area (Å²) in [6.45, 7) is 3.77. The van der Waals surface area contributed by atoms with Gasteiger partial charge in [-0.05, 0) is 26.0 Å². The minimum Gasteiger partial charge on any atom is -0.462 e. The standard InChI is InChI=1S/C12H13N3O4/c1-3-18-11(16)9-8-6-5-7-13-15(8)14-10(9)12(17)19-4-2/h5-7H,3-4H2,1-2H3. The molecule has 0 aliphatic rings. The molecule has 2 aromatic heterocycles. The van der Waals surface area contributed by atoms with E-state index in [0.29, 0.717) is 5.52 Å². The van der Waals surface area contributed by atoms with Crippen molar-refractivity contribution >= 4 is 17.5 Å². The SMILES string of the molecule is CCOC(=O)c1nn2ncccc2c1C(=O)OCC. The molecule has 0 spiro atoms. The monoisotopic (exact) mass is 263 g/mol. The van der Waals surface area contributed by atoms with Gasteiger partial charge in [0.25, 0.3) is 0 Å². The Morgan fingerprint density at radius 1 is 1.21 bits per heavy atom. The van der Waals surface area contributed by atoms with Crippen LogP contribution in [0.1, 0.15) is 34.7 Å². The zero-order valence-electron chi connectivity index (χ0n) is 10.6. The molecule has 0 aromatic carbocycles. The van der Waals surface area contributed by atoms with Gasteiger partial charge in [0.05, 0.1) is 13.2 Å². The van der Waals surface area contributed by atoms with Crippen LogP contribution in [0.25, 0.3) is 5.52 Å². The molecule has 0 amide bonds. The van der Waals surface area contributed by atoms with Gasteiger partial charge in [0.15, 0.2) is 5.69 Å². The van der Waals surface area contributed by atoms with Gasteiger partial charge in [-0.2, -0.15) is 5.10 Å². The normalized spacial score (nSPS) is 10.4. The maximum Gasteiger partial charge on any atom is 0.359 e. The number of fused-ring (bicyclic) bond motifs is 1. The van der Waals surface area contributed by atoms with E-state index in [1.807, 2.05) is 0 Å². The highest BCUT2D eigenvalue weighted by Gasteiger charge is 2.26. The van der Waals surface area contributed by atoms with Crippen LogP contribution >= 0.6 is 0 Å². The molecule has 0 saturated heterocycles. The molecule has 0 aliphatic heterocycles. The maximum absolute atomic E-state index is 11.9. The zero-order chi connectivity index (χ0) is 13.8. The first-order valence-corrected chi connectivity index (χ1v) is 5.87. The fourth-order valence-corrected chi connectivity index (χ4v) is 1.64. The molecule has 7 nitrogen and oxygen atoms in total.